The van der Waals surface area contributed by atoms with Crippen molar-refractivity contribution in [3.8, 4) is 0 Å². The highest BCUT2D eigenvalue weighted by atomic mass is 19.3. The summed E-state index contributed by atoms with van der Waals surface area (Å²) in [6.07, 6.45) is 0.486. The van der Waals surface area contributed by atoms with Crippen LogP contribution in [0, 0.1) is 0 Å². The van der Waals surface area contributed by atoms with E-state index in [0.717, 1.165) is 23.8 Å². The molecule has 1 fully saturated rings. The van der Waals surface area contributed by atoms with Gasteiger partial charge < -0.3 is 10.0 Å². The molecule has 0 atom stereocenters. The molecule has 2 aromatic rings. The summed E-state index contributed by atoms with van der Waals surface area (Å²) in [5.74, 6) is 0.109. The number of nitrogens with zero attached hydrogens (tertiary/aromatic N) is 5. The van der Waals surface area contributed by atoms with Gasteiger partial charge in [-0.2, -0.15) is 4.52 Å². The Morgan fingerprint density at radius 3 is 2.75 bits per heavy atom. The minimum absolute atomic E-state index is 0.0000993. The number of aliphatic hydroxyl groups excluding tert-OH is 1. The zero-order valence-corrected chi connectivity index (χ0v) is 10.8. The van der Waals surface area contributed by atoms with Crippen LogP contribution < -0.4 is 4.90 Å². The fourth-order valence-electron chi connectivity index (χ4n) is 2.38. The van der Waals surface area contributed by atoms with E-state index in [-0.39, 0.29) is 6.61 Å². The Kier molecular flexibility index (Phi) is 3.47. The molecule has 1 N–H and O–H groups in total. The normalized spacial score (nSPS) is 15.8. The summed E-state index contributed by atoms with van der Waals surface area (Å²) in [5, 5.41) is 20.5. The van der Waals surface area contributed by atoms with Gasteiger partial charge in [0.1, 0.15) is 5.82 Å². The predicted octanol–water partition coefficient (Wildman–Crippen LogP) is 1.41. The average Bonchev–Trinajstić information content (AvgIpc) is 2.78. The molecule has 1 aliphatic rings. The van der Waals surface area contributed by atoms with Crippen LogP contribution in [0.1, 0.15) is 31.5 Å². The lowest BCUT2D eigenvalue weighted by Gasteiger charge is -2.37. The topological polar surface area (TPSA) is 66.5 Å². The maximum absolute atomic E-state index is 12.8. The number of aliphatic hydroxyl groups is 1. The first-order valence-corrected chi connectivity index (χ1v) is 6.58. The van der Waals surface area contributed by atoms with Gasteiger partial charge in [0.25, 0.3) is 6.43 Å². The van der Waals surface area contributed by atoms with Crippen LogP contribution in [0.2, 0.25) is 0 Å². The molecule has 0 amide bonds. The van der Waals surface area contributed by atoms with Crippen molar-refractivity contribution in [3.63, 3.8) is 0 Å². The molecule has 6 nitrogen and oxygen atoms in total. The van der Waals surface area contributed by atoms with Gasteiger partial charge in [0, 0.05) is 12.6 Å². The second-order valence-corrected chi connectivity index (χ2v) is 4.82. The van der Waals surface area contributed by atoms with E-state index in [4.69, 9.17) is 5.11 Å². The molecular weight excluding hydrogens is 268 g/mol. The number of halogens is 2. The number of aromatic nitrogens is 4. The van der Waals surface area contributed by atoms with Crippen LogP contribution in [0.3, 0.4) is 0 Å². The minimum atomic E-state index is -2.72. The molecule has 2 aromatic heterocycles. The standard InChI is InChI=1S/C12H15F2N5O/c13-11(14)12-16-15-9-4-5-10(17-19(9)12)18(6-7-20)8-2-1-3-8/h4-5,8,11,20H,1-3,6-7H2. The second kappa shape index (κ2) is 5.28. The van der Waals surface area contributed by atoms with E-state index in [2.05, 4.69) is 15.3 Å². The smallest absolute Gasteiger partial charge is 0.299 e. The highest BCUT2D eigenvalue weighted by molar-refractivity contribution is 5.46. The quantitative estimate of drug-likeness (QED) is 0.898. The zero-order valence-electron chi connectivity index (χ0n) is 10.8. The molecule has 1 saturated carbocycles. The summed E-state index contributed by atoms with van der Waals surface area (Å²) < 4.78 is 26.7. The highest BCUT2D eigenvalue weighted by Gasteiger charge is 2.26. The summed E-state index contributed by atoms with van der Waals surface area (Å²) in [7, 11) is 0. The number of alkyl halides is 2. The lowest BCUT2D eigenvalue weighted by atomic mass is 9.91. The average molecular weight is 283 g/mol. The first kappa shape index (κ1) is 13.2. The minimum Gasteiger partial charge on any atom is -0.395 e. The fourth-order valence-corrected chi connectivity index (χ4v) is 2.38. The lowest BCUT2D eigenvalue weighted by molar-refractivity contribution is 0.137. The van der Waals surface area contributed by atoms with Gasteiger partial charge >= 0.3 is 0 Å². The third-order valence-corrected chi connectivity index (χ3v) is 3.62. The van der Waals surface area contributed by atoms with Crippen molar-refractivity contribution in [1.29, 1.82) is 0 Å². The van der Waals surface area contributed by atoms with Crippen molar-refractivity contribution in [2.75, 3.05) is 18.1 Å². The number of rotatable bonds is 5. The first-order chi connectivity index (χ1) is 9.70. The lowest BCUT2D eigenvalue weighted by Crippen LogP contribution is -2.42. The van der Waals surface area contributed by atoms with Crippen molar-refractivity contribution in [3.05, 3.63) is 18.0 Å². The molecular formula is C12H15F2N5O. The van der Waals surface area contributed by atoms with E-state index in [0.29, 0.717) is 24.1 Å². The van der Waals surface area contributed by atoms with E-state index in [1.165, 1.54) is 0 Å². The van der Waals surface area contributed by atoms with E-state index < -0.39 is 12.2 Å². The monoisotopic (exact) mass is 283 g/mol. The van der Waals surface area contributed by atoms with Crippen molar-refractivity contribution in [2.24, 2.45) is 0 Å². The van der Waals surface area contributed by atoms with E-state index in [1.807, 2.05) is 4.90 Å². The van der Waals surface area contributed by atoms with E-state index >= 15 is 0 Å². The molecule has 0 aromatic carbocycles. The van der Waals surface area contributed by atoms with Crippen molar-refractivity contribution >= 4 is 11.5 Å². The van der Waals surface area contributed by atoms with Crippen LogP contribution in [-0.2, 0) is 0 Å². The van der Waals surface area contributed by atoms with Gasteiger partial charge in [0.15, 0.2) is 5.65 Å². The Hall–Kier alpha value is -1.83. The largest absolute Gasteiger partial charge is 0.395 e. The summed E-state index contributed by atoms with van der Waals surface area (Å²) in [6.45, 7) is 0.440. The van der Waals surface area contributed by atoms with Gasteiger partial charge in [0.2, 0.25) is 5.82 Å². The maximum Gasteiger partial charge on any atom is 0.299 e. The third-order valence-electron chi connectivity index (χ3n) is 3.62. The van der Waals surface area contributed by atoms with Gasteiger partial charge in [0.05, 0.1) is 6.61 Å². The predicted molar refractivity (Wildman–Crippen MR) is 67.8 cm³/mol. The molecule has 0 bridgehead atoms. The Morgan fingerprint density at radius 2 is 2.15 bits per heavy atom. The van der Waals surface area contributed by atoms with Gasteiger partial charge in [-0.25, -0.2) is 8.78 Å². The van der Waals surface area contributed by atoms with Gasteiger partial charge in [-0.1, -0.05) is 0 Å². The van der Waals surface area contributed by atoms with Crippen molar-refractivity contribution < 1.29 is 13.9 Å². The van der Waals surface area contributed by atoms with Crippen molar-refractivity contribution in [1.82, 2.24) is 19.8 Å². The molecule has 8 heteroatoms. The highest BCUT2D eigenvalue weighted by Crippen LogP contribution is 2.28. The maximum atomic E-state index is 12.8. The molecule has 3 rings (SSSR count). The van der Waals surface area contributed by atoms with Crippen LogP contribution in [0.15, 0.2) is 12.1 Å². The van der Waals surface area contributed by atoms with Crippen LogP contribution in [0.5, 0.6) is 0 Å². The van der Waals surface area contributed by atoms with E-state index in [1.54, 1.807) is 12.1 Å². The van der Waals surface area contributed by atoms with Gasteiger partial charge in [-0.15, -0.1) is 15.3 Å². The van der Waals surface area contributed by atoms with E-state index in [9.17, 15) is 8.78 Å². The molecule has 108 valence electrons. The summed E-state index contributed by atoms with van der Waals surface area (Å²) in [5.41, 5.74) is 0.293. The Morgan fingerprint density at radius 1 is 1.35 bits per heavy atom. The number of anilines is 1. The molecule has 1 aliphatic carbocycles. The molecule has 0 spiro atoms. The number of fused-ring (bicyclic) bond motifs is 1. The van der Waals surface area contributed by atoms with Crippen molar-refractivity contribution in [2.45, 2.75) is 31.7 Å². The van der Waals surface area contributed by atoms with Crippen LogP contribution >= 0.6 is 0 Å². The zero-order chi connectivity index (χ0) is 14.1. The summed E-state index contributed by atoms with van der Waals surface area (Å²) in [4.78, 5) is 1.96. The van der Waals surface area contributed by atoms with Crippen LogP contribution in [-0.4, -0.2) is 44.1 Å². The Labute approximate surface area is 114 Å². The van der Waals surface area contributed by atoms with Crippen LogP contribution in [0.4, 0.5) is 14.6 Å². The summed E-state index contributed by atoms with van der Waals surface area (Å²) in [6, 6.07) is 3.66. The summed E-state index contributed by atoms with van der Waals surface area (Å²) >= 11 is 0. The molecule has 0 unspecified atom stereocenters. The Balaban J connectivity index is 1.99. The van der Waals surface area contributed by atoms with Crippen LogP contribution in [0.25, 0.3) is 5.65 Å². The first-order valence-electron chi connectivity index (χ1n) is 6.58. The molecule has 2 heterocycles. The van der Waals surface area contributed by atoms with Gasteiger partial charge in [-0.05, 0) is 31.4 Å². The molecule has 20 heavy (non-hydrogen) atoms. The second-order valence-electron chi connectivity index (χ2n) is 4.82. The SMILES string of the molecule is OCCN(c1ccc2nnc(C(F)F)n2n1)C1CCC1. The molecule has 0 saturated heterocycles. The number of hydrogen-bond acceptors (Lipinski definition) is 5. The fraction of sp³-hybridized carbons (Fsp3) is 0.583. The molecule has 0 aliphatic heterocycles. The molecule has 0 radical (unpaired) electrons. The third kappa shape index (κ3) is 2.20. The number of hydrogen-bond donors (Lipinski definition) is 1. The Bertz CT molecular complexity index is 599. The van der Waals surface area contributed by atoms with Gasteiger partial charge in [-0.3, -0.25) is 0 Å².